The van der Waals surface area contributed by atoms with Gasteiger partial charge in [0.05, 0.1) is 37.6 Å². The summed E-state index contributed by atoms with van der Waals surface area (Å²) in [4.78, 5) is 0. The van der Waals surface area contributed by atoms with Crippen molar-refractivity contribution in [3.63, 3.8) is 0 Å². The van der Waals surface area contributed by atoms with Crippen molar-refractivity contribution in [3.05, 3.63) is 0 Å². The molecule has 0 aromatic rings. The second-order valence-corrected chi connectivity index (χ2v) is 18.9. The lowest BCUT2D eigenvalue weighted by atomic mass is 9.32. The van der Waals surface area contributed by atoms with Crippen molar-refractivity contribution in [2.45, 2.75) is 155 Å². The highest BCUT2D eigenvalue weighted by atomic mass is 16.7. The smallest absolute Gasteiger partial charge is 0.187 e. The Hall–Kier alpha value is -0.400. The molecule has 10 heteroatoms. The third-order valence-electron chi connectivity index (χ3n) is 16.2. The number of hydrogen-bond acceptors (Lipinski definition) is 10. The first kappa shape index (κ1) is 37.4. The van der Waals surface area contributed by atoms with E-state index in [1.165, 1.54) is 0 Å². The van der Waals surface area contributed by atoms with Gasteiger partial charge in [-0.15, -0.1) is 0 Å². The van der Waals surface area contributed by atoms with E-state index in [-0.39, 0.29) is 64.8 Å². The molecule has 0 unspecified atom stereocenters. The van der Waals surface area contributed by atoms with E-state index >= 15 is 0 Å². The summed E-state index contributed by atoms with van der Waals surface area (Å²) in [6, 6.07) is 0. The molecule has 0 amide bonds. The number of ether oxygens (including phenoxy) is 3. The molecule has 7 N–H and O–H groups in total. The SMILES string of the molecule is CC(C)(O)[C@H]1[C@@H]2[C@H]3CC[C@@H]4[C@@]5(C)CC[C@H](O[C@@H]6O[C@H](CO)[C@@H](O)[C@H](O)[C@H]6OCCO)C(C)(C)[C@@H]5CC[C@@]4(C)[C@]3(C)CC[C@@]2(CO)C[C@@H]1O. The summed E-state index contributed by atoms with van der Waals surface area (Å²) in [7, 11) is 0. The minimum Gasteiger partial charge on any atom is -0.396 e. The number of aliphatic hydroxyl groups excluding tert-OH is 6. The van der Waals surface area contributed by atoms with Gasteiger partial charge in [0.15, 0.2) is 6.29 Å². The minimum atomic E-state index is -1.33. The molecule has 5 saturated carbocycles. The summed E-state index contributed by atoms with van der Waals surface area (Å²) in [6.45, 7) is 15.1. The normalized spacial score (nSPS) is 53.4. The molecule has 10 nitrogen and oxygen atoms in total. The van der Waals surface area contributed by atoms with Crippen molar-refractivity contribution in [3.8, 4) is 0 Å². The standard InChI is InChI=1S/C38H66O10/c1-33(2)24-10-13-37(7)25(9-8-21-27-28(34(3,4)45)22(42)18-38(27,20-41)15-14-36(21,37)6)35(24,5)12-11-26(33)48-32-31(46-17-16-39)30(44)29(43)23(19-40)47-32/h21-32,39-45H,8-20H2,1-7H3/t21-,22+,23-,24+,25-,26+,27+,28-,29-,30+,31-,32+,35+,36-,37-,38+/m1/s1. The molecule has 0 radical (unpaired) electrons. The molecule has 1 aliphatic heterocycles. The number of rotatable bonds is 8. The number of aliphatic hydroxyl groups is 7. The average molecular weight is 683 g/mol. The largest absolute Gasteiger partial charge is 0.396 e. The second kappa shape index (κ2) is 12.6. The Bertz CT molecular complexity index is 1160. The Labute approximate surface area is 287 Å². The molecule has 0 aromatic carbocycles. The molecule has 6 fully saturated rings. The second-order valence-electron chi connectivity index (χ2n) is 18.9. The van der Waals surface area contributed by atoms with Gasteiger partial charge in [-0.2, -0.15) is 0 Å². The molecule has 0 spiro atoms. The summed E-state index contributed by atoms with van der Waals surface area (Å²) < 4.78 is 18.5. The fourth-order valence-electron chi connectivity index (χ4n) is 13.8. The van der Waals surface area contributed by atoms with Crippen LogP contribution in [0.2, 0.25) is 0 Å². The summed E-state index contributed by atoms with van der Waals surface area (Å²) in [6.07, 6.45) is 2.02. The van der Waals surface area contributed by atoms with Crippen LogP contribution in [0.5, 0.6) is 0 Å². The highest BCUT2D eigenvalue weighted by Gasteiger charge is 2.72. The van der Waals surface area contributed by atoms with Crippen LogP contribution in [0.15, 0.2) is 0 Å². The van der Waals surface area contributed by atoms with Gasteiger partial charge in [0.25, 0.3) is 0 Å². The maximum absolute atomic E-state index is 11.4. The fraction of sp³-hybridized carbons (Fsp3) is 1.00. The zero-order valence-corrected chi connectivity index (χ0v) is 30.5. The van der Waals surface area contributed by atoms with E-state index in [1.807, 2.05) is 13.8 Å². The lowest BCUT2D eigenvalue weighted by Crippen LogP contribution is -2.68. The number of hydrogen-bond donors (Lipinski definition) is 7. The summed E-state index contributed by atoms with van der Waals surface area (Å²) in [5.41, 5.74) is -1.47. The van der Waals surface area contributed by atoms with Crippen LogP contribution in [0.25, 0.3) is 0 Å². The molecule has 1 heterocycles. The van der Waals surface area contributed by atoms with Gasteiger partial charge in [-0.05, 0) is 122 Å². The molecule has 6 rings (SSSR count). The molecule has 278 valence electrons. The Balaban J connectivity index is 1.27. The summed E-state index contributed by atoms with van der Waals surface area (Å²) >= 11 is 0. The molecule has 0 aromatic heterocycles. The van der Waals surface area contributed by atoms with Crippen LogP contribution in [0.4, 0.5) is 0 Å². The van der Waals surface area contributed by atoms with Crippen LogP contribution in [-0.2, 0) is 14.2 Å². The third kappa shape index (κ3) is 5.32. The summed E-state index contributed by atoms with van der Waals surface area (Å²) in [5, 5.41) is 74.4. The topological polar surface area (TPSA) is 169 Å². The molecule has 5 aliphatic carbocycles. The van der Waals surface area contributed by atoms with E-state index in [2.05, 4.69) is 34.6 Å². The first-order valence-electron chi connectivity index (χ1n) is 18.9. The number of fused-ring (bicyclic) bond motifs is 7. The lowest BCUT2D eigenvalue weighted by molar-refractivity contribution is -0.338. The van der Waals surface area contributed by atoms with Crippen molar-refractivity contribution in [1.82, 2.24) is 0 Å². The van der Waals surface area contributed by atoms with Crippen molar-refractivity contribution < 1.29 is 50.0 Å². The Morgan fingerprint density at radius 1 is 0.812 bits per heavy atom. The predicted octanol–water partition coefficient (Wildman–Crippen LogP) is 3.00. The predicted molar refractivity (Wildman–Crippen MR) is 178 cm³/mol. The van der Waals surface area contributed by atoms with Gasteiger partial charge in [0.2, 0.25) is 0 Å². The van der Waals surface area contributed by atoms with Gasteiger partial charge in [-0.1, -0.05) is 34.6 Å². The van der Waals surface area contributed by atoms with Gasteiger partial charge >= 0.3 is 0 Å². The van der Waals surface area contributed by atoms with Crippen LogP contribution < -0.4 is 0 Å². The van der Waals surface area contributed by atoms with Crippen LogP contribution in [0.1, 0.15) is 106 Å². The van der Waals surface area contributed by atoms with E-state index in [0.717, 1.165) is 51.4 Å². The molecular formula is C38H66O10. The Kier molecular flexibility index (Phi) is 9.83. The van der Waals surface area contributed by atoms with Gasteiger partial charge in [-0.25, -0.2) is 0 Å². The van der Waals surface area contributed by atoms with Gasteiger partial charge in [0, 0.05) is 12.5 Å². The van der Waals surface area contributed by atoms with E-state index < -0.39 is 49.0 Å². The fourth-order valence-corrected chi connectivity index (χ4v) is 13.8. The maximum atomic E-state index is 11.4. The quantitative estimate of drug-likeness (QED) is 0.189. The summed E-state index contributed by atoms with van der Waals surface area (Å²) in [5.74, 6) is 0.991. The van der Waals surface area contributed by atoms with Crippen molar-refractivity contribution >= 4 is 0 Å². The van der Waals surface area contributed by atoms with Crippen molar-refractivity contribution in [1.29, 1.82) is 0 Å². The van der Waals surface area contributed by atoms with Crippen LogP contribution in [0.3, 0.4) is 0 Å². The molecule has 16 atom stereocenters. The lowest BCUT2D eigenvalue weighted by Gasteiger charge is -2.73. The Morgan fingerprint density at radius 3 is 2.15 bits per heavy atom. The zero-order valence-electron chi connectivity index (χ0n) is 30.5. The van der Waals surface area contributed by atoms with Gasteiger partial charge in [0.1, 0.15) is 24.4 Å². The molecule has 1 saturated heterocycles. The molecule has 48 heavy (non-hydrogen) atoms. The van der Waals surface area contributed by atoms with Crippen molar-refractivity contribution in [2.24, 2.45) is 56.7 Å². The first-order valence-corrected chi connectivity index (χ1v) is 18.9. The highest BCUT2D eigenvalue weighted by molar-refractivity contribution is 5.21. The van der Waals surface area contributed by atoms with Crippen LogP contribution >= 0.6 is 0 Å². The van der Waals surface area contributed by atoms with E-state index in [1.54, 1.807) is 0 Å². The third-order valence-corrected chi connectivity index (χ3v) is 16.2. The molecule has 6 aliphatic rings. The van der Waals surface area contributed by atoms with Gasteiger partial charge < -0.3 is 50.0 Å². The van der Waals surface area contributed by atoms with E-state index in [0.29, 0.717) is 24.2 Å². The van der Waals surface area contributed by atoms with E-state index in [9.17, 15) is 35.7 Å². The molecular weight excluding hydrogens is 616 g/mol. The van der Waals surface area contributed by atoms with Crippen LogP contribution in [0, 0.1) is 56.7 Å². The maximum Gasteiger partial charge on any atom is 0.187 e. The minimum absolute atomic E-state index is 0.0156. The molecule has 0 bridgehead atoms. The first-order chi connectivity index (χ1) is 22.4. The van der Waals surface area contributed by atoms with Crippen molar-refractivity contribution in [2.75, 3.05) is 26.4 Å². The highest BCUT2D eigenvalue weighted by Crippen LogP contribution is 2.77. The van der Waals surface area contributed by atoms with Crippen LogP contribution in [-0.4, -0.2) is 111 Å². The zero-order chi connectivity index (χ0) is 35.2. The Morgan fingerprint density at radius 2 is 1.52 bits per heavy atom. The average Bonchev–Trinajstić information content (AvgIpc) is 3.33. The van der Waals surface area contributed by atoms with E-state index in [4.69, 9.17) is 14.2 Å². The van der Waals surface area contributed by atoms with Gasteiger partial charge in [-0.3, -0.25) is 0 Å². The monoisotopic (exact) mass is 682 g/mol.